The van der Waals surface area contributed by atoms with E-state index in [1.54, 1.807) is 11.5 Å². The van der Waals surface area contributed by atoms with Crippen molar-refractivity contribution in [3.05, 3.63) is 76.1 Å². The smallest absolute Gasteiger partial charge is 0.418 e. The van der Waals surface area contributed by atoms with Gasteiger partial charge in [0, 0.05) is 46.5 Å². The highest BCUT2D eigenvalue weighted by molar-refractivity contribution is 6.00. The predicted molar refractivity (Wildman–Crippen MR) is 113 cm³/mol. The molecule has 5 nitrogen and oxygen atoms in total. The highest BCUT2D eigenvalue weighted by Crippen LogP contribution is 2.39. The van der Waals surface area contributed by atoms with Crippen LogP contribution in [0.4, 0.5) is 13.6 Å². The molecule has 2 aliphatic rings. The molecule has 0 saturated heterocycles. The Labute approximate surface area is 179 Å². The molecule has 0 saturated carbocycles. The van der Waals surface area contributed by atoms with Gasteiger partial charge in [-0.15, -0.1) is 0 Å². The first-order valence-corrected chi connectivity index (χ1v) is 10.3. The Bertz CT molecular complexity index is 1130. The average Bonchev–Trinajstić information content (AvgIpc) is 2.85. The summed E-state index contributed by atoms with van der Waals surface area (Å²) < 4.78 is 33.9. The molecule has 7 heteroatoms. The first kappa shape index (κ1) is 21.2. The van der Waals surface area contributed by atoms with Gasteiger partial charge in [-0.05, 0) is 39.0 Å². The van der Waals surface area contributed by atoms with Crippen LogP contribution in [0.25, 0.3) is 6.08 Å². The van der Waals surface area contributed by atoms with E-state index in [4.69, 9.17) is 4.74 Å². The summed E-state index contributed by atoms with van der Waals surface area (Å²) in [6, 6.07) is 2.42. The van der Waals surface area contributed by atoms with E-state index in [1.165, 1.54) is 6.07 Å². The molecular formula is C24H24F2N2O3. The van der Waals surface area contributed by atoms with Gasteiger partial charge in [-0.1, -0.05) is 24.3 Å². The second-order valence-electron chi connectivity index (χ2n) is 8.23. The van der Waals surface area contributed by atoms with Gasteiger partial charge in [-0.2, -0.15) is 0 Å². The molecule has 0 amide bonds. The van der Waals surface area contributed by atoms with E-state index in [0.29, 0.717) is 12.1 Å². The number of ether oxygens (including phenoxy) is 1. The molecule has 1 aromatic heterocycles. The number of nitrogens with one attached hydrogen (secondary N) is 1. The van der Waals surface area contributed by atoms with Gasteiger partial charge in [0.05, 0.1) is 12.6 Å². The zero-order valence-corrected chi connectivity index (χ0v) is 17.7. The lowest BCUT2D eigenvalue weighted by Gasteiger charge is -2.38. The monoisotopic (exact) mass is 426 g/mol. The largest absolute Gasteiger partial charge is 0.449 e. The molecule has 0 spiro atoms. The number of nitrogens with zero attached hydrogens (tertiary/aromatic N) is 1. The van der Waals surface area contributed by atoms with Crippen LogP contribution in [0.2, 0.25) is 0 Å². The van der Waals surface area contributed by atoms with Crippen molar-refractivity contribution in [2.45, 2.75) is 45.2 Å². The fourth-order valence-electron chi connectivity index (χ4n) is 4.55. The van der Waals surface area contributed by atoms with Gasteiger partial charge in [-0.3, -0.25) is 14.7 Å². The van der Waals surface area contributed by atoms with Crippen LogP contribution in [0.15, 0.2) is 36.4 Å². The maximum Gasteiger partial charge on any atom is 0.418 e. The Balaban J connectivity index is 1.83. The van der Waals surface area contributed by atoms with Crippen molar-refractivity contribution >= 4 is 18.0 Å². The number of fused-ring (bicyclic) bond motifs is 3. The number of Topliss-reactive ketones (excluding diaryl/α,β-unsaturated/α-hetero) is 1. The summed E-state index contributed by atoms with van der Waals surface area (Å²) in [7, 11) is 0. The minimum absolute atomic E-state index is 0.0780. The third-order valence-corrected chi connectivity index (χ3v) is 5.76. The Morgan fingerprint density at radius 1 is 1.19 bits per heavy atom. The summed E-state index contributed by atoms with van der Waals surface area (Å²) in [6.45, 7) is 5.86. The first-order valence-electron chi connectivity index (χ1n) is 10.3. The maximum atomic E-state index is 13.7. The fourth-order valence-corrected chi connectivity index (χ4v) is 4.55. The van der Waals surface area contributed by atoms with Crippen molar-refractivity contribution in [3.63, 3.8) is 0 Å². The van der Waals surface area contributed by atoms with E-state index in [9.17, 15) is 18.4 Å². The topological polar surface area (TPSA) is 60.3 Å². The van der Waals surface area contributed by atoms with Crippen molar-refractivity contribution in [3.8, 4) is 0 Å². The lowest BCUT2D eigenvalue weighted by Crippen LogP contribution is -2.53. The molecule has 1 aromatic carbocycles. The number of ketones is 1. The van der Waals surface area contributed by atoms with Crippen molar-refractivity contribution in [1.29, 1.82) is 0 Å². The summed E-state index contributed by atoms with van der Waals surface area (Å²) in [4.78, 5) is 26.1. The van der Waals surface area contributed by atoms with E-state index >= 15 is 0 Å². The van der Waals surface area contributed by atoms with Gasteiger partial charge < -0.3 is 4.74 Å². The molecule has 1 unspecified atom stereocenters. The van der Waals surface area contributed by atoms with E-state index in [2.05, 4.69) is 5.32 Å². The van der Waals surface area contributed by atoms with Gasteiger partial charge in [-0.25, -0.2) is 13.6 Å². The Kier molecular flexibility index (Phi) is 5.39. The van der Waals surface area contributed by atoms with Crippen molar-refractivity contribution in [2.75, 3.05) is 6.61 Å². The second kappa shape index (κ2) is 7.89. The molecule has 162 valence electrons. The van der Waals surface area contributed by atoms with Crippen LogP contribution in [-0.4, -0.2) is 29.1 Å². The lowest BCUT2D eigenvalue weighted by atomic mass is 9.82. The minimum Gasteiger partial charge on any atom is -0.449 e. The molecule has 1 N–H and O–H groups in total. The van der Waals surface area contributed by atoms with Crippen molar-refractivity contribution < 1.29 is 23.1 Å². The van der Waals surface area contributed by atoms with Crippen LogP contribution in [0, 0.1) is 11.6 Å². The van der Waals surface area contributed by atoms with E-state index in [0.717, 1.165) is 29.0 Å². The van der Waals surface area contributed by atoms with Crippen LogP contribution < -0.4 is 5.32 Å². The molecule has 1 atom stereocenters. The zero-order chi connectivity index (χ0) is 22.3. The normalized spacial score (nSPS) is 18.8. The number of benzene rings is 1. The van der Waals surface area contributed by atoms with Crippen LogP contribution in [0.1, 0.15) is 53.6 Å². The minimum atomic E-state index is -1.07. The van der Waals surface area contributed by atoms with Crippen molar-refractivity contribution in [1.82, 2.24) is 9.88 Å². The molecule has 2 heterocycles. The number of carbonyl (C=O) groups is 2. The van der Waals surface area contributed by atoms with Crippen LogP contribution in [0.5, 0.6) is 0 Å². The second-order valence-corrected chi connectivity index (χ2v) is 8.23. The zero-order valence-electron chi connectivity index (χ0n) is 17.7. The quantitative estimate of drug-likeness (QED) is 0.733. The highest BCUT2D eigenvalue weighted by Gasteiger charge is 2.42. The summed E-state index contributed by atoms with van der Waals surface area (Å²) in [5.74, 6) is -2.43. The molecule has 2 aromatic rings. The molecule has 31 heavy (non-hydrogen) atoms. The van der Waals surface area contributed by atoms with Gasteiger partial charge >= 0.3 is 6.09 Å². The number of hydrogen-bond donors (Lipinski definition) is 1. The van der Waals surface area contributed by atoms with Gasteiger partial charge in [0.2, 0.25) is 0 Å². The number of carbonyl (C=O) groups excluding carboxylic acids is 2. The Morgan fingerprint density at radius 2 is 1.97 bits per heavy atom. The third-order valence-electron chi connectivity index (χ3n) is 5.76. The van der Waals surface area contributed by atoms with Crippen LogP contribution in [-0.2, 0) is 23.1 Å². The van der Waals surface area contributed by atoms with E-state index in [-0.39, 0.29) is 24.4 Å². The number of allylic oxidation sites excluding steroid dienone is 3. The number of rotatable bonds is 3. The number of halogens is 2. The molecule has 0 radical (unpaired) electrons. The number of hydrogen-bond acceptors (Lipinski definition) is 4. The lowest BCUT2D eigenvalue weighted by molar-refractivity contribution is 0.0910. The average molecular weight is 426 g/mol. The summed E-state index contributed by atoms with van der Waals surface area (Å²) in [5.41, 5.74) is 2.81. The fraction of sp³-hybridized carbons (Fsp3) is 0.333. The number of aromatic nitrogens is 1. The van der Waals surface area contributed by atoms with Crippen LogP contribution in [0.3, 0.4) is 0 Å². The van der Waals surface area contributed by atoms with Crippen molar-refractivity contribution in [2.24, 2.45) is 0 Å². The molecular weight excluding hydrogens is 402 g/mol. The van der Waals surface area contributed by atoms with E-state index < -0.39 is 29.3 Å². The van der Waals surface area contributed by atoms with E-state index in [1.807, 2.05) is 38.2 Å². The van der Waals surface area contributed by atoms with Gasteiger partial charge in [0.25, 0.3) is 0 Å². The highest BCUT2D eigenvalue weighted by atomic mass is 19.2. The first-order chi connectivity index (χ1) is 14.7. The summed E-state index contributed by atoms with van der Waals surface area (Å²) in [6.07, 6.45) is 8.07. The molecule has 0 fully saturated rings. The Hall–Kier alpha value is -3.06. The Morgan fingerprint density at radius 3 is 2.68 bits per heavy atom. The standard InChI is InChI=1S/C24H24F2N2O3/c1-4-31-23(30)28-19-9-7-5-6-8-15(19)21-20(28)13-18(27-24(21,2)3)22(29)14-10-11-16(25)17(26)12-14/h5-8,10-12,18,27H,4,9,13H2,1-3H3. The maximum absolute atomic E-state index is 13.7. The van der Waals surface area contributed by atoms with Gasteiger partial charge in [0.1, 0.15) is 0 Å². The molecule has 1 aliphatic carbocycles. The third kappa shape index (κ3) is 3.63. The molecule has 4 rings (SSSR count). The predicted octanol–water partition coefficient (Wildman–Crippen LogP) is 4.53. The summed E-state index contributed by atoms with van der Waals surface area (Å²) >= 11 is 0. The van der Waals surface area contributed by atoms with Gasteiger partial charge in [0.15, 0.2) is 17.4 Å². The molecule has 1 aliphatic heterocycles. The van der Waals surface area contributed by atoms with Crippen LogP contribution >= 0.6 is 0 Å². The summed E-state index contributed by atoms with van der Waals surface area (Å²) in [5, 5.41) is 3.35. The molecule has 0 bridgehead atoms. The SMILES string of the molecule is CCOC(=O)n1c2c(c3c1CC(C(=O)c1ccc(F)c(F)c1)NC3(C)C)C=CC=CC2.